The lowest BCUT2D eigenvalue weighted by molar-refractivity contribution is -0.154. The van der Waals surface area contributed by atoms with Crippen LogP contribution in [0.25, 0.3) is 0 Å². The van der Waals surface area contributed by atoms with Gasteiger partial charge in [-0.3, -0.25) is 4.79 Å². The van der Waals surface area contributed by atoms with Gasteiger partial charge in [-0.05, 0) is 24.0 Å². The van der Waals surface area contributed by atoms with Crippen LogP contribution in [0.1, 0.15) is 50.0 Å². The van der Waals surface area contributed by atoms with Crippen LogP contribution < -0.4 is 0 Å². The standard InChI is InChI=1S/C14H18O3/c1-9(2)14(16)17-13-8-7-12(15)10-5-3-4-6-11(10)13/h3-6,9,12-13,15H,7-8H2,1-2H3/t12-,13+/m0/s1. The third kappa shape index (κ3) is 2.50. The van der Waals surface area contributed by atoms with E-state index in [1.165, 1.54) is 0 Å². The molecule has 0 spiro atoms. The summed E-state index contributed by atoms with van der Waals surface area (Å²) in [6.07, 6.45) is 0.702. The fourth-order valence-corrected chi connectivity index (χ4v) is 2.13. The molecular formula is C14H18O3. The minimum atomic E-state index is -0.430. The quantitative estimate of drug-likeness (QED) is 0.800. The lowest BCUT2D eigenvalue weighted by atomic mass is 9.87. The predicted octanol–water partition coefficient (Wildman–Crippen LogP) is 2.75. The first-order chi connectivity index (χ1) is 8.09. The van der Waals surface area contributed by atoms with Crippen LogP contribution in [-0.2, 0) is 9.53 Å². The number of aliphatic hydroxyl groups excluding tert-OH is 1. The van der Waals surface area contributed by atoms with Crippen LogP contribution >= 0.6 is 0 Å². The number of hydrogen-bond donors (Lipinski definition) is 1. The van der Waals surface area contributed by atoms with E-state index in [9.17, 15) is 9.90 Å². The molecule has 0 bridgehead atoms. The Balaban J connectivity index is 2.21. The molecule has 3 nitrogen and oxygen atoms in total. The maximum absolute atomic E-state index is 11.6. The van der Waals surface area contributed by atoms with Crippen LogP contribution in [0, 0.1) is 5.92 Å². The van der Waals surface area contributed by atoms with E-state index in [2.05, 4.69) is 0 Å². The van der Waals surface area contributed by atoms with E-state index < -0.39 is 6.10 Å². The molecule has 2 atom stereocenters. The van der Waals surface area contributed by atoms with E-state index in [1.54, 1.807) is 0 Å². The van der Waals surface area contributed by atoms with Crippen molar-refractivity contribution >= 4 is 5.97 Å². The molecule has 0 saturated carbocycles. The zero-order valence-electron chi connectivity index (χ0n) is 10.2. The number of rotatable bonds is 2. The van der Waals surface area contributed by atoms with Gasteiger partial charge in [-0.1, -0.05) is 38.1 Å². The molecule has 3 heteroatoms. The maximum atomic E-state index is 11.6. The average Bonchev–Trinajstić information content (AvgIpc) is 2.33. The molecule has 1 aliphatic carbocycles. The van der Waals surface area contributed by atoms with Crippen molar-refractivity contribution in [2.45, 2.75) is 38.9 Å². The maximum Gasteiger partial charge on any atom is 0.308 e. The molecule has 0 unspecified atom stereocenters. The van der Waals surface area contributed by atoms with E-state index in [-0.39, 0.29) is 18.0 Å². The van der Waals surface area contributed by atoms with Crippen LogP contribution in [0.3, 0.4) is 0 Å². The van der Waals surface area contributed by atoms with Gasteiger partial charge < -0.3 is 9.84 Å². The highest BCUT2D eigenvalue weighted by atomic mass is 16.5. The molecule has 0 amide bonds. The highest BCUT2D eigenvalue weighted by Gasteiger charge is 2.28. The van der Waals surface area contributed by atoms with E-state index >= 15 is 0 Å². The Morgan fingerprint density at radius 3 is 2.59 bits per heavy atom. The van der Waals surface area contributed by atoms with Gasteiger partial charge in [0.1, 0.15) is 6.10 Å². The van der Waals surface area contributed by atoms with E-state index in [4.69, 9.17) is 4.74 Å². The largest absolute Gasteiger partial charge is 0.457 e. The fourth-order valence-electron chi connectivity index (χ4n) is 2.13. The molecule has 1 aromatic rings. The Bertz CT molecular complexity index is 412. The molecule has 2 rings (SSSR count). The molecule has 17 heavy (non-hydrogen) atoms. The molecule has 0 saturated heterocycles. The van der Waals surface area contributed by atoms with E-state index in [1.807, 2.05) is 38.1 Å². The van der Waals surface area contributed by atoms with Gasteiger partial charge in [-0.15, -0.1) is 0 Å². The summed E-state index contributed by atoms with van der Waals surface area (Å²) in [7, 11) is 0. The summed E-state index contributed by atoms with van der Waals surface area (Å²) >= 11 is 0. The summed E-state index contributed by atoms with van der Waals surface area (Å²) in [5, 5.41) is 9.88. The summed E-state index contributed by atoms with van der Waals surface area (Å²) < 4.78 is 5.48. The van der Waals surface area contributed by atoms with Gasteiger partial charge in [0.05, 0.1) is 12.0 Å². The minimum absolute atomic E-state index is 0.117. The summed E-state index contributed by atoms with van der Waals surface area (Å²) in [6.45, 7) is 3.65. The van der Waals surface area contributed by atoms with Crippen molar-refractivity contribution in [3.05, 3.63) is 35.4 Å². The normalized spacial score (nSPS) is 23.3. The Labute approximate surface area is 101 Å². The number of hydrogen-bond acceptors (Lipinski definition) is 3. The SMILES string of the molecule is CC(C)C(=O)O[C@@H]1CC[C@H](O)c2ccccc21. The minimum Gasteiger partial charge on any atom is -0.457 e. The number of esters is 1. The molecule has 0 heterocycles. The fraction of sp³-hybridized carbons (Fsp3) is 0.500. The Hall–Kier alpha value is -1.35. The molecule has 1 aromatic carbocycles. The second-order valence-electron chi connectivity index (χ2n) is 4.80. The molecular weight excluding hydrogens is 216 g/mol. The van der Waals surface area contributed by atoms with Gasteiger partial charge in [0.2, 0.25) is 0 Å². The summed E-state index contributed by atoms with van der Waals surface area (Å²) in [6, 6.07) is 7.63. The van der Waals surface area contributed by atoms with E-state index in [0.29, 0.717) is 12.8 Å². The molecule has 0 aromatic heterocycles. The molecule has 0 radical (unpaired) electrons. The second-order valence-corrected chi connectivity index (χ2v) is 4.80. The van der Waals surface area contributed by atoms with Crippen molar-refractivity contribution < 1.29 is 14.6 Å². The highest BCUT2D eigenvalue weighted by Crippen LogP contribution is 2.38. The second kappa shape index (κ2) is 4.88. The Morgan fingerprint density at radius 2 is 1.94 bits per heavy atom. The van der Waals surface area contributed by atoms with Crippen LogP contribution in [-0.4, -0.2) is 11.1 Å². The molecule has 92 valence electrons. The van der Waals surface area contributed by atoms with Crippen LogP contribution in [0.5, 0.6) is 0 Å². The van der Waals surface area contributed by atoms with Gasteiger partial charge in [-0.25, -0.2) is 0 Å². The number of carbonyl (C=O) groups excluding carboxylic acids is 1. The summed E-state index contributed by atoms with van der Waals surface area (Å²) in [5.41, 5.74) is 1.83. The smallest absolute Gasteiger partial charge is 0.308 e. The zero-order valence-corrected chi connectivity index (χ0v) is 10.2. The van der Waals surface area contributed by atoms with Gasteiger partial charge >= 0.3 is 5.97 Å². The topological polar surface area (TPSA) is 46.5 Å². The third-order valence-corrected chi connectivity index (χ3v) is 3.13. The van der Waals surface area contributed by atoms with Crippen LogP contribution in [0.4, 0.5) is 0 Å². The van der Waals surface area contributed by atoms with Crippen molar-refractivity contribution in [3.63, 3.8) is 0 Å². The molecule has 0 fully saturated rings. The number of ether oxygens (including phenoxy) is 1. The lowest BCUT2D eigenvalue weighted by Gasteiger charge is -2.29. The molecule has 1 N–H and O–H groups in total. The predicted molar refractivity (Wildman–Crippen MR) is 64.3 cm³/mol. The van der Waals surface area contributed by atoms with E-state index in [0.717, 1.165) is 11.1 Å². The van der Waals surface area contributed by atoms with Gasteiger partial charge in [0.15, 0.2) is 0 Å². The first-order valence-corrected chi connectivity index (χ1v) is 6.07. The zero-order chi connectivity index (χ0) is 12.4. The first-order valence-electron chi connectivity index (χ1n) is 6.07. The van der Waals surface area contributed by atoms with Gasteiger partial charge in [0, 0.05) is 0 Å². The first kappa shape index (κ1) is 12.1. The molecule has 1 aliphatic rings. The number of aliphatic hydroxyl groups is 1. The third-order valence-electron chi connectivity index (χ3n) is 3.13. The summed E-state index contributed by atoms with van der Waals surface area (Å²) in [5.74, 6) is -0.296. The highest BCUT2D eigenvalue weighted by molar-refractivity contribution is 5.71. The average molecular weight is 234 g/mol. The monoisotopic (exact) mass is 234 g/mol. The lowest BCUT2D eigenvalue weighted by Crippen LogP contribution is -2.21. The van der Waals surface area contributed by atoms with Gasteiger partial charge in [0.25, 0.3) is 0 Å². The molecule has 0 aliphatic heterocycles. The Morgan fingerprint density at radius 1 is 1.29 bits per heavy atom. The van der Waals surface area contributed by atoms with Gasteiger partial charge in [-0.2, -0.15) is 0 Å². The number of fused-ring (bicyclic) bond motifs is 1. The van der Waals surface area contributed by atoms with Crippen LogP contribution in [0.2, 0.25) is 0 Å². The van der Waals surface area contributed by atoms with Crippen molar-refractivity contribution in [2.24, 2.45) is 5.92 Å². The number of carbonyl (C=O) groups is 1. The van der Waals surface area contributed by atoms with Crippen molar-refractivity contribution in [1.29, 1.82) is 0 Å². The van der Waals surface area contributed by atoms with Crippen molar-refractivity contribution in [1.82, 2.24) is 0 Å². The number of benzene rings is 1. The summed E-state index contributed by atoms with van der Waals surface area (Å²) in [4.78, 5) is 11.6. The Kier molecular flexibility index (Phi) is 3.48. The van der Waals surface area contributed by atoms with Crippen molar-refractivity contribution in [2.75, 3.05) is 0 Å². The van der Waals surface area contributed by atoms with Crippen molar-refractivity contribution in [3.8, 4) is 0 Å². The van der Waals surface area contributed by atoms with Crippen LogP contribution in [0.15, 0.2) is 24.3 Å².